The van der Waals surface area contributed by atoms with E-state index < -0.39 is 91.0 Å². The van der Waals surface area contributed by atoms with Crippen molar-refractivity contribution in [1.29, 1.82) is 0 Å². The van der Waals surface area contributed by atoms with Gasteiger partial charge in [-0.3, -0.25) is 14.4 Å². The van der Waals surface area contributed by atoms with Crippen LogP contribution in [-0.4, -0.2) is 53.3 Å². The molecule has 2 N–H and O–H groups in total. The minimum atomic E-state index is -5.28. The summed E-state index contributed by atoms with van der Waals surface area (Å²) in [4.78, 5) is 23.7. The molecule has 1 aliphatic rings. The lowest BCUT2D eigenvalue weighted by molar-refractivity contribution is -0.242. The first-order valence-electron chi connectivity index (χ1n) is 14.3. The van der Waals surface area contributed by atoms with Crippen molar-refractivity contribution < 1.29 is 66.6 Å². The van der Waals surface area contributed by atoms with E-state index in [0.717, 1.165) is 23.8 Å². The fourth-order valence-corrected chi connectivity index (χ4v) is 7.02. The number of carbonyl (C=O) groups is 2. The number of ether oxygens (including phenoxy) is 2. The molecule has 0 fully saturated rings. The summed E-state index contributed by atoms with van der Waals surface area (Å²) >= 11 is 0. The lowest BCUT2D eigenvalue weighted by Gasteiger charge is -2.36. The second-order valence-corrected chi connectivity index (χ2v) is 15.0. The first-order valence-corrected chi connectivity index (χ1v) is 17.2. The van der Waals surface area contributed by atoms with E-state index in [1.54, 1.807) is 6.92 Å². The highest BCUT2D eigenvalue weighted by atomic mass is 32.2. The Bertz CT molecular complexity index is 2000. The van der Waals surface area contributed by atoms with Crippen LogP contribution in [0.3, 0.4) is 0 Å². The van der Waals surface area contributed by atoms with Gasteiger partial charge in [0.05, 0.1) is 27.6 Å². The summed E-state index contributed by atoms with van der Waals surface area (Å²) < 4.78 is 160. The largest absolute Gasteiger partial charge is 0.486 e. The van der Waals surface area contributed by atoms with Gasteiger partial charge in [0.1, 0.15) is 17.7 Å². The number of anilines is 2. The van der Waals surface area contributed by atoms with Gasteiger partial charge in [0, 0.05) is 12.1 Å². The van der Waals surface area contributed by atoms with Gasteiger partial charge < -0.3 is 9.47 Å². The molecule has 1 atom stereocenters. The average Bonchev–Trinajstić information content (AvgIpc) is 2.98. The topological polar surface area (TPSA) is 148 Å². The van der Waals surface area contributed by atoms with Crippen LogP contribution in [0.1, 0.15) is 37.8 Å². The van der Waals surface area contributed by atoms with Crippen LogP contribution < -0.4 is 19.1 Å². The Hall–Kier alpha value is -4.59. The van der Waals surface area contributed by atoms with Crippen molar-refractivity contribution in [2.24, 2.45) is 0 Å². The first-order chi connectivity index (χ1) is 22.9. The van der Waals surface area contributed by atoms with E-state index in [1.165, 1.54) is 24.3 Å². The summed E-state index contributed by atoms with van der Waals surface area (Å²) in [6.07, 6.45) is -13.9. The van der Waals surface area contributed by atoms with Gasteiger partial charge >= 0.3 is 18.4 Å². The molecule has 1 heterocycles. The number of fused-ring (bicyclic) bond motifs is 1. The van der Waals surface area contributed by atoms with Crippen LogP contribution in [0.4, 0.5) is 46.9 Å². The van der Waals surface area contributed by atoms with Gasteiger partial charge in [0.15, 0.2) is 0 Å². The number of benzene rings is 3. The number of halogens is 7. The van der Waals surface area contributed by atoms with Gasteiger partial charge in [0.2, 0.25) is 11.5 Å². The molecular formula is C30H28F7N3O8S2. The van der Waals surface area contributed by atoms with Crippen molar-refractivity contribution in [2.45, 2.75) is 67.5 Å². The van der Waals surface area contributed by atoms with Gasteiger partial charge in [-0.2, -0.15) is 26.3 Å². The number of nitrogens with one attached hydrogen (secondary N) is 2. The number of aryl methyl sites for hydroxylation is 1. The number of nitrogens with zero attached hydrogens (tertiary/aromatic N) is 1. The monoisotopic (exact) mass is 755 g/mol. The van der Waals surface area contributed by atoms with Gasteiger partial charge in [-0.05, 0) is 75.7 Å². The van der Waals surface area contributed by atoms with E-state index in [4.69, 9.17) is 4.74 Å². The van der Waals surface area contributed by atoms with E-state index in [1.807, 2.05) is 10.0 Å². The molecule has 0 saturated carbocycles. The molecule has 0 unspecified atom stereocenters. The van der Waals surface area contributed by atoms with Crippen molar-refractivity contribution in [1.82, 2.24) is 4.72 Å². The minimum absolute atomic E-state index is 0.0663. The molecule has 1 aliphatic heterocycles. The zero-order chi connectivity index (χ0) is 37.4. The van der Waals surface area contributed by atoms with Crippen LogP contribution in [0.25, 0.3) is 0 Å². The van der Waals surface area contributed by atoms with Crippen molar-refractivity contribution in [3.05, 3.63) is 77.6 Å². The molecule has 2 amide bonds. The Morgan fingerprint density at radius 1 is 0.920 bits per heavy atom. The Morgan fingerprint density at radius 2 is 1.54 bits per heavy atom. The number of sulfonamides is 2. The summed E-state index contributed by atoms with van der Waals surface area (Å²) in [6.45, 7) is 2.19. The van der Waals surface area contributed by atoms with E-state index >= 15 is 0 Å². The third-order valence-corrected chi connectivity index (χ3v) is 10.4. The average molecular weight is 756 g/mol. The molecule has 11 nitrogen and oxygen atoms in total. The van der Waals surface area contributed by atoms with Crippen molar-refractivity contribution in [3.8, 4) is 5.75 Å². The van der Waals surface area contributed by atoms with Crippen LogP contribution in [0.2, 0.25) is 0 Å². The summed E-state index contributed by atoms with van der Waals surface area (Å²) in [6, 6.07) is 9.60. The number of amides is 2. The van der Waals surface area contributed by atoms with E-state index in [2.05, 4.69) is 4.74 Å². The third kappa shape index (κ3) is 8.58. The van der Waals surface area contributed by atoms with Crippen LogP contribution in [0, 0.1) is 12.7 Å². The number of hydrogen-bond donors (Lipinski definition) is 2. The van der Waals surface area contributed by atoms with Gasteiger partial charge in [-0.15, -0.1) is 0 Å². The molecule has 272 valence electrons. The van der Waals surface area contributed by atoms with Crippen LogP contribution in [0.15, 0.2) is 70.5 Å². The number of hydrogen-bond acceptors (Lipinski definition) is 8. The molecule has 0 spiro atoms. The van der Waals surface area contributed by atoms with Gasteiger partial charge in [-0.1, -0.05) is 17.7 Å². The number of carbonyl (C=O) groups excluding carboxylic acids is 2. The predicted octanol–water partition coefficient (Wildman–Crippen LogP) is 6.28. The summed E-state index contributed by atoms with van der Waals surface area (Å²) in [5, 5.41) is 2.01. The molecule has 0 radical (unpaired) electrons. The van der Waals surface area contributed by atoms with Gasteiger partial charge in [-0.25, -0.2) is 30.7 Å². The van der Waals surface area contributed by atoms with Crippen LogP contribution in [-0.2, 0) is 35.8 Å². The van der Waals surface area contributed by atoms with Gasteiger partial charge in [0.25, 0.3) is 20.0 Å². The maximum absolute atomic E-state index is 14.0. The SMILES string of the molecule is Cc1ccc(S(=O)(=O)NC(=O)CC[C@H]2CN(S(=O)(=O)c3ccc(F)c(C(F)(F)F)c3)c3cc(NC(=O)OC(C)(C)C(F)(F)F)ccc3O2)cc1. The van der Waals surface area contributed by atoms with Crippen molar-refractivity contribution >= 4 is 43.4 Å². The zero-order valence-electron chi connectivity index (χ0n) is 26.1. The molecule has 4 rings (SSSR count). The Labute approximate surface area is 281 Å². The number of rotatable bonds is 9. The summed E-state index contributed by atoms with van der Waals surface area (Å²) in [5.74, 6) is -3.01. The Balaban J connectivity index is 1.64. The lowest BCUT2D eigenvalue weighted by Crippen LogP contribution is -2.44. The van der Waals surface area contributed by atoms with Crippen LogP contribution in [0.5, 0.6) is 5.75 Å². The fourth-order valence-electron chi connectivity index (χ4n) is 4.48. The summed E-state index contributed by atoms with van der Waals surface area (Å²) in [7, 11) is -9.29. The minimum Gasteiger partial charge on any atom is -0.486 e. The third-order valence-electron chi connectivity index (χ3n) is 7.27. The standard InChI is InChI=1S/C30H28F7N3O8S2/c1-17-4-8-20(9-5-17)49(43,44)39-26(41)13-7-19-16-40(50(45,46)21-10-11-23(31)22(15-21)29(32,33)34)24-14-18(6-12-25(24)47-19)38-27(42)48-28(2,3)30(35,36)37/h4-6,8-12,14-15,19H,7,13,16H2,1-3H3,(H,38,42)(H,39,41)/t19-/m0/s1. The molecule has 0 bridgehead atoms. The van der Waals surface area contributed by atoms with Crippen molar-refractivity contribution in [2.75, 3.05) is 16.2 Å². The highest BCUT2D eigenvalue weighted by molar-refractivity contribution is 7.92. The normalized spacial score (nSPS) is 15.5. The quantitative estimate of drug-likeness (QED) is 0.243. The summed E-state index contributed by atoms with van der Waals surface area (Å²) in [5.41, 5.74) is -4.78. The Morgan fingerprint density at radius 3 is 2.14 bits per heavy atom. The number of alkyl halides is 6. The second-order valence-electron chi connectivity index (χ2n) is 11.5. The molecule has 3 aromatic carbocycles. The Kier molecular flexibility index (Phi) is 10.4. The van der Waals surface area contributed by atoms with E-state index in [9.17, 15) is 57.2 Å². The smallest absolute Gasteiger partial charge is 0.427 e. The van der Waals surface area contributed by atoms with Crippen molar-refractivity contribution in [3.63, 3.8) is 0 Å². The molecule has 3 aromatic rings. The highest BCUT2D eigenvalue weighted by Crippen LogP contribution is 2.41. The zero-order valence-corrected chi connectivity index (χ0v) is 27.8. The molecule has 0 aromatic heterocycles. The maximum Gasteiger partial charge on any atom is 0.427 e. The fraction of sp³-hybridized carbons (Fsp3) is 0.333. The predicted molar refractivity (Wildman–Crippen MR) is 163 cm³/mol. The second kappa shape index (κ2) is 13.6. The van der Waals surface area contributed by atoms with E-state index in [-0.39, 0.29) is 28.8 Å². The molecule has 0 saturated heterocycles. The molecule has 0 aliphatic carbocycles. The van der Waals surface area contributed by atoms with Crippen LogP contribution >= 0.6 is 0 Å². The lowest BCUT2D eigenvalue weighted by atomic mass is 10.1. The molecular weight excluding hydrogens is 727 g/mol. The first kappa shape index (κ1) is 38.2. The highest BCUT2D eigenvalue weighted by Gasteiger charge is 2.51. The molecule has 20 heteroatoms. The maximum atomic E-state index is 14.0. The van der Waals surface area contributed by atoms with E-state index in [0.29, 0.717) is 30.3 Å². The molecule has 50 heavy (non-hydrogen) atoms.